The first kappa shape index (κ1) is 29.1. The number of methoxy groups -OCH3 is 1. The van der Waals surface area contributed by atoms with Gasteiger partial charge in [-0.1, -0.05) is 15.9 Å². The SMILES string of the molecule is CCn1c(-c2cccnc2C(C)OC)c(CC(C)(C)OC(=O)C[C@H]2CCCN(C(=O)O)C2)c2cc(Br)ccc21. The lowest BCUT2D eigenvalue weighted by Crippen LogP contribution is -2.40. The van der Waals surface area contributed by atoms with Crippen LogP contribution in [0.5, 0.6) is 0 Å². The van der Waals surface area contributed by atoms with E-state index in [1.165, 1.54) is 4.90 Å². The number of likely N-dealkylation sites (tertiary alicyclic amines) is 1. The molecule has 8 nitrogen and oxygen atoms in total. The zero-order chi connectivity index (χ0) is 28.3. The summed E-state index contributed by atoms with van der Waals surface area (Å²) in [5, 5.41) is 10.4. The van der Waals surface area contributed by atoms with E-state index in [-0.39, 0.29) is 24.4 Å². The highest BCUT2D eigenvalue weighted by Crippen LogP contribution is 2.40. The van der Waals surface area contributed by atoms with Crippen molar-refractivity contribution in [2.24, 2.45) is 5.92 Å². The van der Waals surface area contributed by atoms with E-state index in [1.807, 2.05) is 32.9 Å². The van der Waals surface area contributed by atoms with Gasteiger partial charge in [-0.3, -0.25) is 9.78 Å². The van der Waals surface area contributed by atoms with Crippen LogP contribution in [0.1, 0.15) is 64.3 Å². The van der Waals surface area contributed by atoms with Gasteiger partial charge in [0.05, 0.1) is 23.9 Å². The monoisotopic (exact) mass is 599 g/mol. The number of aryl methyl sites for hydroxylation is 1. The number of nitrogens with zero attached hydrogens (tertiary/aromatic N) is 3. The van der Waals surface area contributed by atoms with Crippen molar-refractivity contribution in [2.45, 2.75) is 71.6 Å². The maximum atomic E-state index is 13.1. The molecule has 2 atom stereocenters. The van der Waals surface area contributed by atoms with Crippen LogP contribution in [-0.2, 0) is 27.2 Å². The third kappa shape index (κ3) is 6.47. The van der Waals surface area contributed by atoms with Crippen LogP contribution in [0, 0.1) is 5.92 Å². The first-order chi connectivity index (χ1) is 18.5. The number of halogens is 1. The second-order valence-electron chi connectivity index (χ2n) is 10.9. The summed E-state index contributed by atoms with van der Waals surface area (Å²) in [7, 11) is 1.68. The minimum absolute atomic E-state index is 0.0276. The number of carbonyl (C=O) groups is 2. The number of rotatable bonds is 9. The highest BCUT2D eigenvalue weighted by molar-refractivity contribution is 9.10. The Labute approximate surface area is 238 Å². The molecule has 0 saturated carbocycles. The normalized spacial score (nSPS) is 16.9. The number of ether oxygens (including phenoxy) is 2. The molecular formula is C30H38BrN3O5. The Morgan fingerprint density at radius 3 is 2.74 bits per heavy atom. The molecule has 3 heterocycles. The Morgan fingerprint density at radius 1 is 1.28 bits per heavy atom. The number of piperidine rings is 1. The van der Waals surface area contributed by atoms with Gasteiger partial charge in [0.25, 0.3) is 0 Å². The summed E-state index contributed by atoms with van der Waals surface area (Å²) < 4.78 is 15.0. The van der Waals surface area contributed by atoms with Crippen LogP contribution in [0.4, 0.5) is 4.79 Å². The summed E-state index contributed by atoms with van der Waals surface area (Å²) in [6, 6.07) is 10.3. The van der Waals surface area contributed by atoms with E-state index in [2.05, 4.69) is 50.6 Å². The molecule has 4 rings (SSSR count). The standard InChI is InChI=1S/C30H38BrN3O5/c1-6-34-25-12-11-21(31)16-23(25)24(28(34)22-10-7-13-32-27(22)19(2)38-5)17-30(3,4)39-26(35)15-20-9-8-14-33(18-20)29(36)37/h7,10-13,16,19-20H,6,8-9,14-15,17-18H2,1-5H3,(H,36,37)/t19?,20-/m1/s1. The second-order valence-corrected chi connectivity index (χ2v) is 11.8. The number of hydrogen-bond donors (Lipinski definition) is 1. The number of pyridine rings is 1. The molecule has 9 heteroatoms. The molecule has 39 heavy (non-hydrogen) atoms. The molecule has 1 unspecified atom stereocenters. The van der Waals surface area contributed by atoms with Crippen molar-refractivity contribution < 1.29 is 24.2 Å². The van der Waals surface area contributed by atoms with Crippen LogP contribution < -0.4 is 0 Å². The van der Waals surface area contributed by atoms with Gasteiger partial charge in [-0.05, 0) is 82.3 Å². The van der Waals surface area contributed by atoms with Gasteiger partial charge in [0.15, 0.2) is 0 Å². The predicted octanol–water partition coefficient (Wildman–Crippen LogP) is 6.84. The quantitative estimate of drug-likeness (QED) is 0.271. The molecule has 0 spiro atoms. The molecule has 210 valence electrons. The van der Waals surface area contributed by atoms with Crippen molar-refractivity contribution in [3.8, 4) is 11.3 Å². The molecule has 1 aromatic carbocycles. The van der Waals surface area contributed by atoms with Crippen molar-refractivity contribution in [3.05, 3.63) is 52.3 Å². The van der Waals surface area contributed by atoms with Gasteiger partial charge in [-0.25, -0.2) is 4.79 Å². The van der Waals surface area contributed by atoms with Gasteiger partial charge in [0.1, 0.15) is 5.60 Å². The molecule has 1 saturated heterocycles. The van der Waals surface area contributed by atoms with Crippen LogP contribution in [0.3, 0.4) is 0 Å². The minimum atomic E-state index is -0.933. The fourth-order valence-electron chi connectivity index (χ4n) is 5.72. The van der Waals surface area contributed by atoms with Crippen LogP contribution in [-0.4, -0.2) is 57.4 Å². The van der Waals surface area contributed by atoms with E-state index >= 15 is 0 Å². The number of benzene rings is 1. The molecule has 2 aromatic heterocycles. The molecule has 1 aliphatic rings. The summed E-state index contributed by atoms with van der Waals surface area (Å²) in [4.78, 5) is 30.6. The first-order valence-corrected chi connectivity index (χ1v) is 14.3. The van der Waals surface area contributed by atoms with Gasteiger partial charge in [0, 0.05) is 60.3 Å². The Kier molecular flexibility index (Phi) is 9.01. The lowest BCUT2D eigenvalue weighted by molar-refractivity contribution is -0.157. The molecule has 1 N–H and O–H groups in total. The highest BCUT2D eigenvalue weighted by Gasteiger charge is 2.32. The number of aromatic nitrogens is 2. The summed E-state index contributed by atoms with van der Waals surface area (Å²) in [5.41, 5.74) is 4.28. The molecule has 1 aliphatic heterocycles. The van der Waals surface area contributed by atoms with Gasteiger partial charge >= 0.3 is 12.1 Å². The second kappa shape index (κ2) is 12.1. The molecule has 0 aliphatic carbocycles. The smallest absolute Gasteiger partial charge is 0.407 e. The average Bonchev–Trinajstić information content (AvgIpc) is 3.19. The summed E-state index contributed by atoms with van der Waals surface area (Å²) in [5.74, 6) is -0.325. The van der Waals surface area contributed by atoms with Crippen molar-refractivity contribution >= 4 is 38.9 Å². The Morgan fingerprint density at radius 2 is 2.05 bits per heavy atom. The Balaban J connectivity index is 1.70. The Bertz CT molecular complexity index is 1350. The van der Waals surface area contributed by atoms with Gasteiger partial charge < -0.3 is 24.0 Å². The molecule has 1 fully saturated rings. The van der Waals surface area contributed by atoms with Crippen LogP contribution in [0.25, 0.3) is 22.2 Å². The molecular weight excluding hydrogens is 562 g/mol. The molecule has 1 amide bonds. The number of carbonyl (C=O) groups excluding carboxylic acids is 1. The highest BCUT2D eigenvalue weighted by atomic mass is 79.9. The van der Waals surface area contributed by atoms with Crippen LogP contribution in [0.2, 0.25) is 0 Å². The maximum absolute atomic E-state index is 13.1. The summed E-state index contributed by atoms with van der Waals surface area (Å²) in [6.07, 6.45) is 2.94. The van der Waals surface area contributed by atoms with E-state index in [4.69, 9.17) is 9.47 Å². The number of amides is 1. The minimum Gasteiger partial charge on any atom is -0.465 e. The van der Waals surface area contributed by atoms with Gasteiger partial charge in [-0.15, -0.1) is 0 Å². The molecule has 3 aromatic rings. The number of carboxylic acid groups (broad SMARTS) is 1. The largest absolute Gasteiger partial charge is 0.465 e. The zero-order valence-corrected chi connectivity index (χ0v) is 25.0. The van der Waals surface area contributed by atoms with Crippen LogP contribution >= 0.6 is 15.9 Å². The lowest BCUT2D eigenvalue weighted by Gasteiger charge is -2.31. The summed E-state index contributed by atoms with van der Waals surface area (Å²) in [6.45, 7) is 9.63. The van der Waals surface area contributed by atoms with Gasteiger partial charge in [0.2, 0.25) is 0 Å². The van der Waals surface area contributed by atoms with Crippen molar-refractivity contribution in [1.82, 2.24) is 14.5 Å². The zero-order valence-electron chi connectivity index (χ0n) is 23.4. The van der Waals surface area contributed by atoms with Crippen LogP contribution in [0.15, 0.2) is 41.0 Å². The molecule has 0 bridgehead atoms. The number of esters is 1. The number of hydrogen-bond acceptors (Lipinski definition) is 5. The van der Waals surface area contributed by atoms with E-state index in [0.29, 0.717) is 19.5 Å². The van der Waals surface area contributed by atoms with Crippen molar-refractivity contribution in [3.63, 3.8) is 0 Å². The predicted molar refractivity (Wildman–Crippen MR) is 155 cm³/mol. The molecule has 0 radical (unpaired) electrons. The average molecular weight is 601 g/mol. The van der Waals surface area contributed by atoms with E-state index in [0.717, 1.165) is 57.3 Å². The van der Waals surface area contributed by atoms with E-state index < -0.39 is 11.7 Å². The van der Waals surface area contributed by atoms with Gasteiger partial charge in [-0.2, -0.15) is 0 Å². The number of fused-ring (bicyclic) bond motifs is 1. The maximum Gasteiger partial charge on any atom is 0.407 e. The summed E-state index contributed by atoms with van der Waals surface area (Å²) >= 11 is 3.64. The fraction of sp³-hybridized carbons (Fsp3) is 0.500. The third-order valence-electron chi connectivity index (χ3n) is 7.52. The lowest BCUT2D eigenvalue weighted by atomic mass is 9.92. The van der Waals surface area contributed by atoms with Crippen molar-refractivity contribution in [2.75, 3.05) is 20.2 Å². The Hall–Kier alpha value is -2.91. The van der Waals surface area contributed by atoms with Crippen molar-refractivity contribution in [1.29, 1.82) is 0 Å². The first-order valence-electron chi connectivity index (χ1n) is 13.5. The third-order valence-corrected chi connectivity index (χ3v) is 8.01. The van der Waals surface area contributed by atoms with E-state index in [9.17, 15) is 14.7 Å². The topological polar surface area (TPSA) is 93.9 Å². The fourth-order valence-corrected chi connectivity index (χ4v) is 6.08. The van der Waals surface area contributed by atoms with E-state index in [1.54, 1.807) is 13.3 Å².